The van der Waals surface area contributed by atoms with Gasteiger partial charge in [-0.05, 0) is 128 Å². The third-order valence-electron chi connectivity index (χ3n) is 14.3. The number of nitrogens with zero attached hydrogens (tertiary/aromatic N) is 3. The van der Waals surface area contributed by atoms with Crippen LogP contribution in [0.15, 0.2) is 85.2 Å². The summed E-state index contributed by atoms with van der Waals surface area (Å²) in [6.07, 6.45) is 14.9. The van der Waals surface area contributed by atoms with Gasteiger partial charge < -0.3 is 26.0 Å². The summed E-state index contributed by atoms with van der Waals surface area (Å²) >= 11 is 0. The Morgan fingerprint density at radius 2 is 1.63 bits per heavy atom. The van der Waals surface area contributed by atoms with Crippen LogP contribution in [-0.4, -0.2) is 75.3 Å². The first kappa shape index (κ1) is 41.7. The lowest BCUT2D eigenvalue weighted by Gasteiger charge is -2.39. The highest BCUT2D eigenvalue weighted by Gasteiger charge is 2.44. The summed E-state index contributed by atoms with van der Waals surface area (Å²) < 4.78 is 0. The number of hydrogen-bond acceptors (Lipinski definition) is 9. The SMILES string of the molecule is O=C1CCC(N2Cc3c(NCCCC4CCC(CCCC(=O)Nc5cccc(-c6ccc7c(c6)[C@H]6[C@H](CCN6Cc6ccncc6)[C@@H](CO)N7)c5)CC4)cccc3C2=O)C(=O)N1. The van der Waals surface area contributed by atoms with E-state index in [2.05, 4.69) is 73.6 Å². The predicted molar refractivity (Wildman–Crippen MR) is 240 cm³/mol. The van der Waals surface area contributed by atoms with Crippen molar-refractivity contribution in [2.75, 3.05) is 35.6 Å². The number of carbonyl (C=O) groups is 4. The Bertz CT molecular complexity index is 2280. The molecule has 0 bridgehead atoms. The average molecular weight is 838 g/mol. The molecule has 4 atom stereocenters. The van der Waals surface area contributed by atoms with E-state index in [1.54, 1.807) is 4.90 Å². The Morgan fingerprint density at radius 1 is 0.855 bits per heavy atom. The number of aromatic nitrogens is 1. The number of hydrogen-bond donors (Lipinski definition) is 5. The maximum atomic E-state index is 13.2. The van der Waals surface area contributed by atoms with E-state index in [0.717, 1.165) is 85.5 Å². The van der Waals surface area contributed by atoms with Gasteiger partial charge in [-0.3, -0.25) is 34.4 Å². The van der Waals surface area contributed by atoms with Crippen LogP contribution >= 0.6 is 0 Å². The number of aliphatic hydroxyl groups excluding tert-OH is 1. The molecule has 9 rings (SSSR count). The van der Waals surface area contributed by atoms with Gasteiger partial charge >= 0.3 is 0 Å². The van der Waals surface area contributed by atoms with Crippen molar-refractivity contribution >= 4 is 40.7 Å². The van der Waals surface area contributed by atoms with Crippen molar-refractivity contribution in [2.24, 2.45) is 17.8 Å². The maximum absolute atomic E-state index is 13.2. The maximum Gasteiger partial charge on any atom is 0.255 e. The fourth-order valence-corrected chi connectivity index (χ4v) is 11.0. The lowest BCUT2D eigenvalue weighted by molar-refractivity contribution is -0.137. The molecular weight excluding hydrogens is 779 g/mol. The number of imide groups is 1. The number of amides is 4. The summed E-state index contributed by atoms with van der Waals surface area (Å²) in [5, 5.41) is 23.0. The average Bonchev–Trinajstić information content (AvgIpc) is 3.86. The number of anilines is 3. The number of fused-ring (bicyclic) bond motifs is 4. The van der Waals surface area contributed by atoms with Crippen LogP contribution in [0.25, 0.3) is 11.1 Å². The van der Waals surface area contributed by atoms with Gasteiger partial charge in [0, 0.05) is 85.0 Å². The van der Waals surface area contributed by atoms with E-state index in [1.165, 1.54) is 36.8 Å². The monoisotopic (exact) mass is 837 g/mol. The molecule has 0 radical (unpaired) electrons. The van der Waals surface area contributed by atoms with Crippen molar-refractivity contribution in [2.45, 2.75) is 108 Å². The highest BCUT2D eigenvalue weighted by molar-refractivity contribution is 6.06. The van der Waals surface area contributed by atoms with E-state index >= 15 is 0 Å². The van der Waals surface area contributed by atoms with Gasteiger partial charge in [0.2, 0.25) is 17.7 Å². The molecule has 1 aromatic heterocycles. The zero-order valence-corrected chi connectivity index (χ0v) is 35.5. The molecule has 324 valence electrons. The summed E-state index contributed by atoms with van der Waals surface area (Å²) in [6, 6.07) is 24.3. The smallest absolute Gasteiger partial charge is 0.255 e. The van der Waals surface area contributed by atoms with Crippen molar-refractivity contribution in [1.29, 1.82) is 0 Å². The first-order valence-electron chi connectivity index (χ1n) is 22.9. The molecule has 1 saturated carbocycles. The van der Waals surface area contributed by atoms with Gasteiger partial charge in [-0.25, -0.2) is 0 Å². The topological polar surface area (TPSA) is 156 Å². The molecule has 3 aromatic carbocycles. The molecule has 4 amide bonds. The molecule has 4 aromatic rings. The molecule has 4 aliphatic heterocycles. The molecule has 5 aliphatic rings. The first-order valence-corrected chi connectivity index (χ1v) is 22.9. The minimum atomic E-state index is -0.610. The fourth-order valence-electron chi connectivity index (χ4n) is 11.0. The summed E-state index contributed by atoms with van der Waals surface area (Å²) in [4.78, 5) is 58.8. The van der Waals surface area contributed by atoms with E-state index in [-0.39, 0.29) is 48.7 Å². The molecule has 1 unspecified atom stereocenters. The van der Waals surface area contributed by atoms with E-state index in [9.17, 15) is 24.3 Å². The fraction of sp³-hybridized carbons (Fsp3) is 0.460. The van der Waals surface area contributed by atoms with Gasteiger partial charge in [0.05, 0.1) is 12.6 Å². The lowest BCUT2D eigenvalue weighted by Crippen LogP contribution is -2.52. The zero-order chi connectivity index (χ0) is 42.6. The van der Waals surface area contributed by atoms with E-state index in [4.69, 9.17) is 0 Å². The van der Waals surface area contributed by atoms with Gasteiger partial charge in [-0.2, -0.15) is 0 Å². The molecule has 2 saturated heterocycles. The summed E-state index contributed by atoms with van der Waals surface area (Å²) in [7, 11) is 0. The Kier molecular flexibility index (Phi) is 12.7. The number of benzene rings is 3. The highest BCUT2D eigenvalue weighted by atomic mass is 16.3. The normalized spacial score (nSPS) is 24.5. The largest absolute Gasteiger partial charge is 0.394 e. The van der Waals surface area contributed by atoms with Gasteiger partial charge in [0.1, 0.15) is 6.04 Å². The van der Waals surface area contributed by atoms with E-state index in [1.807, 2.05) is 42.7 Å². The van der Waals surface area contributed by atoms with Crippen LogP contribution < -0.4 is 21.3 Å². The van der Waals surface area contributed by atoms with Crippen molar-refractivity contribution in [3.63, 3.8) is 0 Å². The van der Waals surface area contributed by atoms with E-state index in [0.29, 0.717) is 42.7 Å². The molecule has 0 spiro atoms. The second-order valence-corrected chi connectivity index (χ2v) is 18.2. The number of rotatable bonds is 15. The molecular formula is C50H59N7O5. The number of pyridine rings is 1. The quantitative estimate of drug-likeness (QED) is 0.0600. The van der Waals surface area contributed by atoms with Crippen LogP contribution in [0, 0.1) is 17.8 Å². The summed E-state index contributed by atoms with van der Waals surface area (Å²) in [5.74, 6) is 0.949. The van der Waals surface area contributed by atoms with Crippen molar-refractivity contribution in [3.8, 4) is 11.1 Å². The number of likely N-dealkylation sites (tertiary alicyclic amines) is 1. The van der Waals surface area contributed by atoms with Crippen LogP contribution in [0.5, 0.6) is 0 Å². The third-order valence-corrected chi connectivity index (χ3v) is 14.3. The molecule has 5 N–H and O–H groups in total. The summed E-state index contributed by atoms with van der Waals surface area (Å²) in [6.45, 7) is 3.12. The number of nitrogens with one attached hydrogen (secondary N) is 4. The summed E-state index contributed by atoms with van der Waals surface area (Å²) in [5.41, 5.74) is 9.09. The molecule has 5 heterocycles. The van der Waals surface area contributed by atoms with Crippen molar-refractivity contribution in [1.82, 2.24) is 20.1 Å². The van der Waals surface area contributed by atoms with Gasteiger partial charge in [0.25, 0.3) is 5.91 Å². The lowest BCUT2D eigenvalue weighted by atomic mass is 9.78. The molecule has 62 heavy (non-hydrogen) atoms. The predicted octanol–water partition coefficient (Wildman–Crippen LogP) is 7.67. The van der Waals surface area contributed by atoms with Gasteiger partial charge in [-0.15, -0.1) is 0 Å². The second-order valence-electron chi connectivity index (χ2n) is 18.2. The Hall–Kier alpha value is -5.59. The van der Waals surface area contributed by atoms with Crippen LogP contribution in [-0.2, 0) is 27.5 Å². The van der Waals surface area contributed by atoms with Gasteiger partial charge in [0.15, 0.2) is 0 Å². The number of piperidine rings is 1. The second kappa shape index (κ2) is 18.8. The van der Waals surface area contributed by atoms with Crippen LogP contribution in [0.4, 0.5) is 17.1 Å². The first-order chi connectivity index (χ1) is 30.3. The Labute approximate surface area is 364 Å². The Balaban J connectivity index is 0.708. The number of carbonyl (C=O) groups excluding carboxylic acids is 4. The van der Waals surface area contributed by atoms with Crippen molar-refractivity contribution < 1.29 is 24.3 Å². The number of aliphatic hydroxyl groups is 1. The van der Waals surface area contributed by atoms with Gasteiger partial charge in [-0.1, -0.05) is 49.9 Å². The third kappa shape index (κ3) is 9.13. The molecule has 3 fully saturated rings. The zero-order valence-electron chi connectivity index (χ0n) is 35.5. The van der Waals surface area contributed by atoms with E-state index < -0.39 is 6.04 Å². The minimum absolute atomic E-state index is 0.0250. The molecule has 12 heteroatoms. The minimum Gasteiger partial charge on any atom is -0.394 e. The van der Waals surface area contributed by atoms with Crippen LogP contribution in [0.1, 0.15) is 110 Å². The molecule has 1 aliphatic carbocycles. The standard InChI is InChI=1S/C50H59N7O5/c58-31-44-39-22-26-56(29-34-20-24-51-25-21-34)48(39)40-28-36(16-17-43(40)54-44)35-7-2-8-37(27-35)53-46(59)11-1-5-32-12-14-33(15-13-32)6-4-23-52-42-10-3-9-38-41(42)30-57(50(38)62)45-18-19-47(60)55-49(45)61/h2-3,7-10,16-17,20-21,24-25,27-28,32-33,39,44-45,48,52,54,58H,1,4-6,11-15,18-19,22-23,26,29-31H2,(H,53,59)(H,55,60,61)/t32?,33?,39-,44-,45?,48-/m1/s1. The highest BCUT2D eigenvalue weighted by Crippen LogP contribution is 2.48. The van der Waals surface area contributed by atoms with Crippen LogP contribution in [0.2, 0.25) is 0 Å². The Morgan fingerprint density at radius 3 is 2.42 bits per heavy atom. The molecule has 12 nitrogen and oxygen atoms in total. The van der Waals surface area contributed by atoms with Crippen LogP contribution in [0.3, 0.4) is 0 Å². The van der Waals surface area contributed by atoms with Crippen molar-refractivity contribution in [3.05, 3.63) is 107 Å².